The monoisotopic (exact) mass is 284 g/mol. The molecule has 0 aromatic rings. The SMILES string of the molecule is C=C(C)C(=O)OCC(C)OC(=O)CC(C(C)=O)C(C)=O. The minimum absolute atomic E-state index is 0.109. The quantitative estimate of drug-likeness (QED) is 0.378. The molecule has 0 fully saturated rings. The average molecular weight is 284 g/mol. The molecule has 0 spiro atoms. The summed E-state index contributed by atoms with van der Waals surface area (Å²) in [6.07, 6.45) is -0.964. The Kier molecular flexibility index (Phi) is 7.43. The Labute approximate surface area is 118 Å². The summed E-state index contributed by atoms with van der Waals surface area (Å²) in [5.41, 5.74) is 0.247. The third kappa shape index (κ3) is 6.82. The van der Waals surface area contributed by atoms with Crippen LogP contribution in [0.5, 0.6) is 0 Å². The van der Waals surface area contributed by atoms with Gasteiger partial charge in [0, 0.05) is 5.57 Å². The van der Waals surface area contributed by atoms with E-state index in [9.17, 15) is 19.2 Å². The highest BCUT2D eigenvalue weighted by molar-refractivity contribution is 6.02. The van der Waals surface area contributed by atoms with Crippen molar-refractivity contribution in [3.63, 3.8) is 0 Å². The summed E-state index contributed by atoms with van der Waals surface area (Å²) in [7, 11) is 0. The van der Waals surface area contributed by atoms with E-state index >= 15 is 0 Å². The first-order valence-corrected chi connectivity index (χ1v) is 6.18. The summed E-state index contributed by atoms with van der Waals surface area (Å²) >= 11 is 0. The number of esters is 2. The van der Waals surface area contributed by atoms with Gasteiger partial charge in [0.15, 0.2) is 0 Å². The second-order valence-electron chi connectivity index (χ2n) is 4.66. The maximum atomic E-state index is 11.6. The first-order valence-electron chi connectivity index (χ1n) is 6.18. The zero-order chi connectivity index (χ0) is 15.9. The predicted molar refractivity (Wildman–Crippen MR) is 70.8 cm³/mol. The fourth-order valence-electron chi connectivity index (χ4n) is 1.36. The smallest absolute Gasteiger partial charge is 0.333 e. The van der Waals surface area contributed by atoms with Crippen molar-refractivity contribution in [1.29, 1.82) is 0 Å². The van der Waals surface area contributed by atoms with Gasteiger partial charge in [0.25, 0.3) is 0 Å². The van der Waals surface area contributed by atoms with E-state index in [-0.39, 0.29) is 30.2 Å². The van der Waals surface area contributed by atoms with Gasteiger partial charge in [-0.25, -0.2) is 4.79 Å². The molecule has 6 heteroatoms. The molecule has 6 nitrogen and oxygen atoms in total. The maximum absolute atomic E-state index is 11.6. The molecule has 0 aromatic carbocycles. The molecule has 0 aliphatic carbocycles. The first-order chi connectivity index (χ1) is 9.15. The maximum Gasteiger partial charge on any atom is 0.333 e. The van der Waals surface area contributed by atoms with Crippen molar-refractivity contribution < 1.29 is 28.7 Å². The minimum Gasteiger partial charge on any atom is -0.459 e. The van der Waals surface area contributed by atoms with E-state index in [1.165, 1.54) is 20.8 Å². The molecule has 0 amide bonds. The summed E-state index contributed by atoms with van der Waals surface area (Å²) in [5.74, 6) is -2.99. The van der Waals surface area contributed by atoms with Gasteiger partial charge >= 0.3 is 11.9 Å². The standard InChI is InChI=1S/C14H20O6/c1-8(2)14(18)19-7-9(3)20-13(17)6-12(10(4)15)11(5)16/h9,12H,1,6-7H2,2-5H3. The fraction of sp³-hybridized carbons (Fsp3) is 0.571. The van der Waals surface area contributed by atoms with E-state index in [0.717, 1.165) is 0 Å². The van der Waals surface area contributed by atoms with Crippen LogP contribution in [0.4, 0.5) is 0 Å². The van der Waals surface area contributed by atoms with E-state index in [1.54, 1.807) is 6.92 Å². The largest absolute Gasteiger partial charge is 0.459 e. The van der Waals surface area contributed by atoms with Crippen LogP contribution in [0.25, 0.3) is 0 Å². The second-order valence-corrected chi connectivity index (χ2v) is 4.66. The average Bonchev–Trinajstić information content (AvgIpc) is 2.31. The van der Waals surface area contributed by atoms with Crippen LogP contribution in [0.15, 0.2) is 12.2 Å². The highest BCUT2D eigenvalue weighted by Gasteiger charge is 2.24. The van der Waals surface area contributed by atoms with Crippen LogP contribution in [0.3, 0.4) is 0 Å². The number of ketones is 2. The molecular formula is C14H20O6. The van der Waals surface area contributed by atoms with Crippen LogP contribution < -0.4 is 0 Å². The van der Waals surface area contributed by atoms with Crippen molar-refractivity contribution in [3.8, 4) is 0 Å². The number of rotatable bonds is 8. The molecule has 0 bridgehead atoms. The number of carbonyl (C=O) groups is 4. The number of ether oxygens (including phenoxy) is 2. The molecule has 112 valence electrons. The lowest BCUT2D eigenvalue weighted by molar-refractivity contribution is -0.158. The van der Waals surface area contributed by atoms with Gasteiger partial charge < -0.3 is 9.47 Å². The van der Waals surface area contributed by atoms with E-state index in [4.69, 9.17) is 9.47 Å². The molecule has 1 atom stereocenters. The second kappa shape index (κ2) is 8.24. The number of hydrogen-bond donors (Lipinski definition) is 0. The fourth-order valence-corrected chi connectivity index (χ4v) is 1.36. The zero-order valence-corrected chi connectivity index (χ0v) is 12.2. The van der Waals surface area contributed by atoms with Crippen molar-refractivity contribution in [2.75, 3.05) is 6.61 Å². The molecule has 0 heterocycles. The van der Waals surface area contributed by atoms with Crippen LogP contribution in [0.1, 0.15) is 34.1 Å². The van der Waals surface area contributed by atoms with Crippen LogP contribution in [0.2, 0.25) is 0 Å². The minimum atomic E-state index is -0.979. The van der Waals surface area contributed by atoms with Gasteiger partial charge in [-0.3, -0.25) is 14.4 Å². The highest BCUT2D eigenvalue weighted by atomic mass is 16.6. The summed E-state index contributed by atoms with van der Waals surface area (Å²) in [6.45, 7) is 8.85. The first kappa shape index (κ1) is 18.0. The molecule has 0 saturated carbocycles. The van der Waals surface area contributed by atoms with E-state index in [0.29, 0.717) is 0 Å². The van der Waals surface area contributed by atoms with Gasteiger partial charge in [0.05, 0.1) is 12.3 Å². The van der Waals surface area contributed by atoms with Crippen molar-refractivity contribution >= 4 is 23.5 Å². The third-order valence-electron chi connectivity index (χ3n) is 2.48. The van der Waals surface area contributed by atoms with Crippen LogP contribution in [-0.2, 0) is 28.7 Å². The Hall–Kier alpha value is -1.98. The predicted octanol–water partition coefficient (Wildman–Crippen LogP) is 1.22. The molecule has 20 heavy (non-hydrogen) atoms. The van der Waals surface area contributed by atoms with Crippen LogP contribution in [-0.4, -0.2) is 36.2 Å². The number of Topliss-reactive ketones (excluding diaryl/α,β-unsaturated/α-hetero) is 2. The molecule has 0 aromatic heterocycles. The van der Waals surface area contributed by atoms with Gasteiger partial charge in [-0.05, 0) is 27.7 Å². The van der Waals surface area contributed by atoms with Crippen LogP contribution >= 0.6 is 0 Å². The molecule has 0 radical (unpaired) electrons. The third-order valence-corrected chi connectivity index (χ3v) is 2.48. The molecule has 0 aliphatic heterocycles. The number of carbonyl (C=O) groups excluding carboxylic acids is 4. The van der Waals surface area contributed by atoms with Gasteiger partial charge in [0.1, 0.15) is 24.3 Å². The summed E-state index contributed by atoms with van der Waals surface area (Å²) in [4.78, 5) is 45.1. The highest BCUT2D eigenvalue weighted by Crippen LogP contribution is 2.09. The Balaban J connectivity index is 4.26. The van der Waals surface area contributed by atoms with Gasteiger partial charge in [0.2, 0.25) is 0 Å². The molecule has 1 unspecified atom stereocenters. The van der Waals surface area contributed by atoms with Crippen molar-refractivity contribution in [2.24, 2.45) is 5.92 Å². The summed E-state index contributed by atoms with van der Waals surface area (Å²) in [6, 6.07) is 0. The topological polar surface area (TPSA) is 86.7 Å². The lowest BCUT2D eigenvalue weighted by Crippen LogP contribution is -2.27. The van der Waals surface area contributed by atoms with E-state index in [2.05, 4.69) is 6.58 Å². The Bertz CT molecular complexity index is 409. The molecular weight excluding hydrogens is 264 g/mol. The normalized spacial score (nSPS) is 11.7. The summed E-state index contributed by atoms with van der Waals surface area (Å²) < 4.78 is 9.78. The van der Waals surface area contributed by atoms with Gasteiger partial charge in [-0.1, -0.05) is 6.58 Å². The lowest BCUT2D eigenvalue weighted by Gasteiger charge is -2.15. The van der Waals surface area contributed by atoms with Crippen molar-refractivity contribution in [1.82, 2.24) is 0 Å². The molecule has 0 rings (SSSR count). The zero-order valence-electron chi connectivity index (χ0n) is 12.2. The van der Waals surface area contributed by atoms with Crippen molar-refractivity contribution in [2.45, 2.75) is 40.2 Å². The Morgan fingerprint density at radius 3 is 1.95 bits per heavy atom. The van der Waals surface area contributed by atoms with Gasteiger partial charge in [-0.15, -0.1) is 0 Å². The van der Waals surface area contributed by atoms with Gasteiger partial charge in [-0.2, -0.15) is 0 Å². The summed E-state index contributed by atoms with van der Waals surface area (Å²) in [5, 5.41) is 0. The van der Waals surface area contributed by atoms with Crippen molar-refractivity contribution in [3.05, 3.63) is 12.2 Å². The Morgan fingerprint density at radius 2 is 1.55 bits per heavy atom. The van der Waals surface area contributed by atoms with E-state index < -0.39 is 24.0 Å². The number of hydrogen-bond acceptors (Lipinski definition) is 6. The molecule has 0 saturated heterocycles. The Morgan fingerprint density at radius 1 is 1.05 bits per heavy atom. The molecule has 0 aliphatic rings. The van der Waals surface area contributed by atoms with Crippen LogP contribution in [0, 0.1) is 5.92 Å². The van der Waals surface area contributed by atoms with E-state index in [1.807, 2.05) is 0 Å². The lowest BCUT2D eigenvalue weighted by atomic mass is 9.97. The molecule has 0 N–H and O–H groups in total.